The van der Waals surface area contributed by atoms with Crippen LogP contribution in [0.1, 0.15) is 46.5 Å². The average Bonchev–Trinajstić information content (AvgIpc) is 2.49. The highest BCUT2D eigenvalue weighted by Gasteiger charge is 2.30. The molecule has 1 aliphatic rings. The van der Waals surface area contributed by atoms with Crippen LogP contribution in [-0.2, 0) is 18.9 Å². The summed E-state index contributed by atoms with van der Waals surface area (Å²) in [5.41, 5.74) is 1.32. The normalized spacial score (nSPS) is 25.2. The van der Waals surface area contributed by atoms with E-state index >= 15 is 0 Å². The molecule has 0 N–H and O–H groups in total. The van der Waals surface area contributed by atoms with Crippen LogP contribution >= 0.6 is 0 Å². The van der Waals surface area contributed by atoms with Crippen LogP contribution < -0.4 is 0 Å². The molecule has 22 heavy (non-hydrogen) atoms. The Morgan fingerprint density at radius 2 is 1.86 bits per heavy atom. The predicted octanol–water partition coefficient (Wildman–Crippen LogP) is 3.80. The molecule has 4 heteroatoms. The molecule has 0 amide bonds. The summed E-state index contributed by atoms with van der Waals surface area (Å²) in [5.74, 6) is 1.31. The van der Waals surface area contributed by atoms with E-state index in [2.05, 4.69) is 26.8 Å². The van der Waals surface area contributed by atoms with Gasteiger partial charge in [-0.3, -0.25) is 0 Å². The van der Waals surface area contributed by atoms with E-state index in [4.69, 9.17) is 18.9 Å². The lowest BCUT2D eigenvalue weighted by atomic mass is 9.77. The number of ether oxygens (including phenoxy) is 4. The number of rotatable bonds is 11. The second-order valence-electron chi connectivity index (χ2n) is 6.42. The largest absolute Gasteiger partial charge is 0.382 e. The van der Waals surface area contributed by atoms with E-state index in [0.29, 0.717) is 37.9 Å². The van der Waals surface area contributed by atoms with Crippen LogP contribution in [0.2, 0.25) is 0 Å². The first-order chi connectivity index (χ1) is 10.6. The van der Waals surface area contributed by atoms with Gasteiger partial charge in [-0.05, 0) is 44.9 Å². The second kappa shape index (κ2) is 12.1. The van der Waals surface area contributed by atoms with E-state index in [1.807, 2.05) is 0 Å². The Balaban J connectivity index is 2.16. The minimum atomic E-state index is 0.366. The second-order valence-corrected chi connectivity index (χ2v) is 6.42. The Bertz CT molecular complexity index is 299. The maximum absolute atomic E-state index is 6.05. The molecule has 1 aliphatic carbocycles. The third-order valence-electron chi connectivity index (χ3n) is 4.43. The molecule has 0 radical (unpaired) electrons. The Morgan fingerprint density at radius 3 is 2.59 bits per heavy atom. The van der Waals surface area contributed by atoms with Crippen LogP contribution in [0.25, 0.3) is 0 Å². The van der Waals surface area contributed by atoms with Gasteiger partial charge in [0.25, 0.3) is 0 Å². The first-order valence-corrected chi connectivity index (χ1v) is 8.54. The Kier molecular flexibility index (Phi) is 10.8. The number of hydrogen-bond donors (Lipinski definition) is 0. The molecule has 1 rings (SSSR count). The summed E-state index contributed by atoms with van der Waals surface area (Å²) in [6, 6.07) is 0. The lowest BCUT2D eigenvalue weighted by Gasteiger charge is -2.35. The van der Waals surface area contributed by atoms with E-state index in [9.17, 15) is 0 Å². The number of methoxy groups -OCH3 is 1. The summed E-state index contributed by atoms with van der Waals surface area (Å²) in [5, 5.41) is 0. The molecule has 3 atom stereocenters. The third kappa shape index (κ3) is 8.28. The molecular formula is C18H34O4. The molecule has 0 aromatic carbocycles. The fourth-order valence-electron chi connectivity index (χ4n) is 2.95. The third-order valence-corrected chi connectivity index (χ3v) is 4.43. The summed E-state index contributed by atoms with van der Waals surface area (Å²) in [7, 11) is 1.67. The van der Waals surface area contributed by atoms with Crippen molar-refractivity contribution in [2.75, 3.05) is 40.3 Å². The molecule has 0 spiro atoms. The van der Waals surface area contributed by atoms with Gasteiger partial charge in [0.05, 0.1) is 25.9 Å². The molecule has 130 valence electrons. The van der Waals surface area contributed by atoms with E-state index in [1.54, 1.807) is 7.11 Å². The highest BCUT2D eigenvalue weighted by Crippen LogP contribution is 2.34. The van der Waals surface area contributed by atoms with Gasteiger partial charge in [-0.2, -0.15) is 0 Å². The van der Waals surface area contributed by atoms with Crippen molar-refractivity contribution in [3.8, 4) is 0 Å². The van der Waals surface area contributed by atoms with Crippen LogP contribution in [-0.4, -0.2) is 46.4 Å². The highest BCUT2D eigenvalue weighted by atomic mass is 16.7. The van der Waals surface area contributed by atoms with Crippen molar-refractivity contribution in [3.63, 3.8) is 0 Å². The monoisotopic (exact) mass is 314 g/mol. The van der Waals surface area contributed by atoms with Crippen molar-refractivity contribution in [1.29, 1.82) is 0 Å². The van der Waals surface area contributed by atoms with Crippen LogP contribution in [0.3, 0.4) is 0 Å². The zero-order valence-corrected chi connectivity index (χ0v) is 14.8. The average molecular weight is 314 g/mol. The van der Waals surface area contributed by atoms with Crippen molar-refractivity contribution in [3.05, 3.63) is 11.6 Å². The van der Waals surface area contributed by atoms with Crippen LogP contribution in [0, 0.1) is 11.8 Å². The Morgan fingerprint density at radius 1 is 1.09 bits per heavy atom. The van der Waals surface area contributed by atoms with Gasteiger partial charge in [0.15, 0.2) is 0 Å². The summed E-state index contributed by atoms with van der Waals surface area (Å²) in [6.07, 6.45) is 7.40. The van der Waals surface area contributed by atoms with Gasteiger partial charge in [-0.25, -0.2) is 0 Å². The fraction of sp³-hybridized carbons (Fsp3) is 0.889. The minimum Gasteiger partial charge on any atom is -0.382 e. The molecule has 0 bridgehead atoms. The number of hydrogen-bond acceptors (Lipinski definition) is 4. The van der Waals surface area contributed by atoms with Gasteiger partial charge in [0, 0.05) is 13.7 Å². The lowest BCUT2D eigenvalue weighted by Crippen LogP contribution is -2.33. The zero-order chi connectivity index (χ0) is 16.2. The molecule has 1 fully saturated rings. The summed E-state index contributed by atoms with van der Waals surface area (Å²) < 4.78 is 21.8. The fourth-order valence-corrected chi connectivity index (χ4v) is 2.95. The van der Waals surface area contributed by atoms with Crippen LogP contribution in [0.15, 0.2) is 11.6 Å². The molecule has 0 aliphatic heterocycles. The predicted molar refractivity (Wildman–Crippen MR) is 88.9 cm³/mol. The van der Waals surface area contributed by atoms with Crippen LogP contribution in [0.5, 0.6) is 0 Å². The van der Waals surface area contributed by atoms with E-state index in [-0.39, 0.29) is 0 Å². The molecule has 0 saturated heterocycles. The molecule has 4 nitrogen and oxygen atoms in total. The van der Waals surface area contributed by atoms with Gasteiger partial charge >= 0.3 is 0 Å². The van der Waals surface area contributed by atoms with Crippen molar-refractivity contribution in [2.24, 2.45) is 11.8 Å². The quantitative estimate of drug-likeness (QED) is 0.330. The standard InChI is InChI=1S/C18H34O4/c1-15(2)8-11-22-18-7-5-6-17(16(18)3)9-10-20-14-21-13-12-19-4/h8,16-18H,5-7,9-14H2,1-4H3/t16-,17-,18+/m0/s1. The molecular weight excluding hydrogens is 280 g/mol. The Labute approximate surface area is 136 Å². The van der Waals surface area contributed by atoms with E-state index in [0.717, 1.165) is 19.6 Å². The van der Waals surface area contributed by atoms with Crippen molar-refractivity contribution in [1.82, 2.24) is 0 Å². The maximum Gasteiger partial charge on any atom is 0.146 e. The summed E-state index contributed by atoms with van der Waals surface area (Å²) >= 11 is 0. The molecule has 0 aromatic rings. The SMILES string of the molecule is COCCOCOCC[C@@H]1CCC[C@@H](OCC=C(C)C)[C@H]1C. The zero-order valence-electron chi connectivity index (χ0n) is 14.8. The van der Waals surface area contributed by atoms with Gasteiger partial charge in [0.2, 0.25) is 0 Å². The first-order valence-electron chi connectivity index (χ1n) is 8.54. The first kappa shape index (κ1) is 19.6. The number of allylic oxidation sites excluding steroid dienone is 1. The molecule has 0 unspecified atom stereocenters. The molecule has 1 saturated carbocycles. The highest BCUT2D eigenvalue weighted by molar-refractivity contribution is 4.93. The lowest BCUT2D eigenvalue weighted by molar-refractivity contribution is -0.0752. The maximum atomic E-state index is 6.05. The Hall–Kier alpha value is -0.420. The summed E-state index contributed by atoms with van der Waals surface area (Å²) in [6.45, 7) is 9.64. The molecule has 0 heterocycles. The van der Waals surface area contributed by atoms with E-state index in [1.165, 1.54) is 24.8 Å². The van der Waals surface area contributed by atoms with Crippen LogP contribution in [0.4, 0.5) is 0 Å². The van der Waals surface area contributed by atoms with Gasteiger partial charge in [-0.1, -0.05) is 25.0 Å². The van der Waals surface area contributed by atoms with Gasteiger partial charge in [-0.15, -0.1) is 0 Å². The topological polar surface area (TPSA) is 36.9 Å². The van der Waals surface area contributed by atoms with Crippen molar-refractivity contribution in [2.45, 2.75) is 52.6 Å². The van der Waals surface area contributed by atoms with Crippen molar-refractivity contribution < 1.29 is 18.9 Å². The van der Waals surface area contributed by atoms with Gasteiger partial charge < -0.3 is 18.9 Å². The minimum absolute atomic E-state index is 0.366. The smallest absolute Gasteiger partial charge is 0.146 e. The summed E-state index contributed by atoms with van der Waals surface area (Å²) in [4.78, 5) is 0. The van der Waals surface area contributed by atoms with Crippen molar-refractivity contribution >= 4 is 0 Å². The van der Waals surface area contributed by atoms with Gasteiger partial charge in [0.1, 0.15) is 6.79 Å². The molecule has 0 aromatic heterocycles. The van der Waals surface area contributed by atoms with E-state index < -0.39 is 0 Å².